The number of rotatable bonds is 7. The molecule has 1 aromatic carbocycles. The highest BCUT2D eigenvalue weighted by molar-refractivity contribution is 5.95. The summed E-state index contributed by atoms with van der Waals surface area (Å²) in [5, 5.41) is 0. The third-order valence-electron chi connectivity index (χ3n) is 4.75. The summed E-state index contributed by atoms with van der Waals surface area (Å²) in [6.07, 6.45) is 5.59. The Bertz CT molecular complexity index is 772. The fraction of sp³-hybridized carbons (Fsp3) is 0.429. The van der Waals surface area contributed by atoms with Gasteiger partial charge in [-0.25, -0.2) is 0 Å². The topological polar surface area (TPSA) is 71.7 Å². The van der Waals surface area contributed by atoms with Crippen molar-refractivity contribution in [2.45, 2.75) is 18.9 Å². The van der Waals surface area contributed by atoms with Crippen LogP contribution in [0.4, 0.5) is 5.69 Å². The lowest BCUT2D eigenvalue weighted by molar-refractivity contribution is 0.0512. The zero-order chi connectivity index (χ0) is 19.2. The Morgan fingerprint density at radius 1 is 1.22 bits per heavy atom. The largest absolute Gasteiger partial charge is 0.397 e. The van der Waals surface area contributed by atoms with E-state index in [1.807, 2.05) is 49.3 Å². The minimum absolute atomic E-state index is 0.0334. The minimum Gasteiger partial charge on any atom is -0.397 e. The molecule has 2 heterocycles. The number of amides is 1. The van der Waals surface area contributed by atoms with Crippen LogP contribution in [0.15, 0.2) is 42.7 Å². The Morgan fingerprint density at radius 2 is 2.07 bits per heavy atom. The molecule has 0 spiro atoms. The fourth-order valence-electron chi connectivity index (χ4n) is 3.26. The molecule has 1 saturated heterocycles. The first-order valence-corrected chi connectivity index (χ1v) is 9.39. The quantitative estimate of drug-likeness (QED) is 0.813. The molecule has 0 radical (unpaired) electrons. The number of anilines is 1. The molecule has 1 amide bonds. The number of pyridine rings is 1. The lowest BCUT2D eigenvalue weighted by Gasteiger charge is -2.27. The summed E-state index contributed by atoms with van der Waals surface area (Å²) in [7, 11) is 4.03. The van der Waals surface area contributed by atoms with E-state index in [-0.39, 0.29) is 12.0 Å². The lowest BCUT2D eigenvalue weighted by atomic mass is 10.0. The predicted octanol–water partition coefficient (Wildman–Crippen LogP) is 2.51. The van der Waals surface area contributed by atoms with Gasteiger partial charge in [0.05, 0.1) is 11.8 Å². The second-order valence-electron chi connectivity index (χ2n) is 7.28. The average Bonchev–Trinajstić information content (AvgIpc) is 3.18. The van der Waals surface area contributed by atoms with Crippen LogP contribution in [-0.2, 0) is 4.74 Å². The first-order chi connectivity index (χ1) is 13.0. The van der Waals surface area contributed by atoms with Crippen molar-refractivity contribution in [2.75, 3.05) is 46.1 Å². The number of carbonyl (C=O) groups is 1. The van der Waals surface area contributed by atoms with Gasteiger partial charge in [-0.2, -0.15) is 0 Å². The third kappa shape index (κ3) is 5.28. The van der Waals surface area contributed by atoms with Crippen LogP contribution in [0.2, 0.25) is 0 Å². The molecule has 0 aliphatic carbocycles. The van der Waals surface area contributed by atoms with Crippen LogP contribution in [0, 0.1) is 0 Å². The highest BCUT2D eigenvalue weighted by Crippen LogP contribution is 2.22. The van der Waals surface area contributed by atoms with Gasteiger partial charge in [-0.05, 0) is 50.7 Å². The molecule has 2 N–H and O–H groups in total. The zero-order valence-electron chi connectivity index (χ0n) is 16.1. The number of aromatic nitrogens is 1. The molecule has 144 valence electrons. The number of hydrogen-bond acceptors (Lipinski definition) is 5. The van der Waals surface area contributed by atoms with Gasteiger partial charge >= 0.3 is 0 Å². The maximum atomic E-state index is 13.2. The molecule has 6 heteroatoms. The molecule has 0 bridgehead atoms. The van der Waals surface area contributed by atoms with Crippen LogP contribution in [0.1, 0.15) is 23.2 Å². The van der Waals surface area contributed by atoms with Gasteiger partial charge < -0.3 is 20.3 Å². The van der Waals surface area contributed by atoms with Gasteiger partial charge in [0.1, 0.15) is 0 Å². The smallest absolute Gasteiger partial charge is 0.254 e. The maximum Gasteiger partial charge on any atom is 0.254 e. The Balaban J connectivity index is 1.80. The van der Waals surface area contributed by atoms with Crippen molar-refractivity contribution in [1.29, 1.82) is 0 Å². The molecule has 0 saturated carbocycles. The van der Waals surface area contributed by atoms with Gasteiger partial charge in [-0.3, -0.25) is 9.78 Å². The summed E-state index contributed by atoms with van der Waals surface area (Å²) in [4.78, 5) is 21.3. The van der Waals surface area contributed by atoms with E-state index in [2.05, 4.69) is 9.88 Å². The monoisotopic (exact) mass is 368 g/mol. The summed E-state index contributed by atoms with van der Waals surface area (Å²) < 4.78 is 5.75. The molecular formula is C21H28N4O2. The molecule has 3 rings (SSSR count). The lowest BCUT2D eigenvalue weighted by Crippen LogP contribution is -2.41. The Labute approximate surface area is 160 Å². The average molecular weight is 368 g/mol. The van der Waals surface area contributed by atoms with Crippen LogP contribution in [0.5, 0.6) is 0 Å². The van der Waals surface area contributed by atoms with E-state index >= 15 is 0 Å². The Morgan fingerprint density at radius 3 is 2.78 bits per heavy atom. The summed E-state index contributed by atoms with van der Waals surface area (Å²) in [5.41, 5.74) is 8.97. The van der Waals surface area contributed by atoms with Crippen LogP contribution in [0.3, 0.4) is 0 Å². The maximum absolute atomic E-state index is 13.2. The first kappa shape index (κ1) is 19.3. The SMILES string of the molecule is CN(C)CCN(C[C@@H]1CCCO1)C(=O)c1cccc(-c2cncc(N)c2)c1. The van der Waals surface area contributed by atoms with E-state index in [9.17, 15) is 4.79 Å². The molecule has 27 heavy (non-hydrogen) atoms. The molecule has 6 nitrogen and oxygen atoms in total. The van der Waals surface area contributed by atoms with E-state index < -0.39 is 0 Å². The number of nitrogen functional groups attached to an aromatic ring is 1. The van der Waals surface area contributed by atoms with E-state index in [1.54, 1.807) is 12.4 Å². The van der Waals surface area contributed by atoms with Crippen molar-refractivity contribution in [3.8, 4) is 11.1 Å². The van der Waals surface area contributed by atoms with Gasteiger partial charge in [0.2, 0.25) is 0 Å². The minimum atomic E-state index is 0.0334. The van der Waals surface area contributed by atoms with Crippen LogP contribution >= 0.6 is 0 Å². The third-order valence-corrected chi connectivity index (χ3v) is 4.75. The highest BCUT2D eigenvalue weighted by atomic mass is 16.5. The number of nitrogens with two attached hydrogens (primary N) is 1. The molecule has 2 aromatic rings. The highest BCUT2D eigenvalue weighted by Gasteiger charge is 2.23. The molecule has 1 atom stereocenters. The Kier molecular flexibility index (Phi) is 6.42. The van der Waals surface area contributed by atoms with Crippen molar-refractivity contribution in [3.05, 3.63) is 48.3 Å². The summed E-state index contributed by atoms with van der Waals surface area (Å²) >= 11 is 0. The van der Waals surface area contributed by atoms with Gasteiger partial charge in [0.25, 0.3) is 5.91 Å². The van der Waals surface area contributed by atoms with Crippen molar-refractivity contribution in [3.63, 3.8) is 0 Å². The number of ether oxygens (including phenoxy) is 1. The predicted molar refractivity (Wildman–Crippen MR) is 108 cm³/mol. The first-order valence-electron chi connectivity index (χ1n) is 9.39. The van der Waals surface area contributed by atoms with Crippen LogP contribution in [-0.4, -0.2) is 67.1 Å². The van der Waals surface area contributed by atoms with Gasteiger partial charge in [-0.1, -0.05) is 12.1 Å². The Hall–Kier alpha value is -2.44. The molecule has 1 aliphatic rings. The van der Waals surface area contributed by atoms with E-state index in [4.69, 9.17) is 10.5 Å². The van der Waals surface area contributed by atoms with E-state index in [0.29, 0.717) is 24.3 Å². The summed E-state index contributed by atoms with van der Waals surface area (Å²) in [5.74, 6) is 0.0334. The molecule has 1 fully saturated rings. The van der Waals surface area contributed by atoms with Crippen LogP contribution < -0.4 is 5.73 Å². The second-order valence-corrected chi connectivity index (χ2v) is 7.28. The normalized spacial score (nSPS) is 16.6. The number of carbonyl (C=O) groups excluding carboxylic acids is 1. The van der Waals surface area contributed by atoms with E-state index in [0.717, 1.165) is 37.1 Å². The van der Waals surface area contributed by atoms with Crippen molar-refractivity contribution in [2.24, 2.45) is 0 Å². The molecular weight excluding hydrogens is 340 g/mol. The van der Waals surface area contributed by atoms with Crippen molar-refractivity contribution >= 4 is 11.6 Å². The molecule has 0 unspecified atom stereocenters. The number of likely N-dealkylation sites (N-methyl/N-ethyl adjacent to an activating group) is 1. The van der Waals surface area contributed by atoms with E-state index in [1.165, 1.54) is 0 Å². The second kappa shape index (κ2) is 8.97. The van der Waals surface area contributed by atoms with Crippen molar-refractivity contribution < 1.29 is 9.53 Å². The summed E-state index contributed by atoms with van der Waals surface area (Å²) in [6.45, 7) is 2.92. The van der Waals surface area contributed by atoms with Gasteiger partial charge in [-0.15, -0.1) is 0 Å². The standard InChI is InChI=1S/C21H28N4O2/c1-24(2)8-9-25(15-20-7-4-10-27-20)21(26)17-6-3-5-16(11-17)18-12-19(22)14-23-13-18/h3,5-6,11-14,20H,4,7-10,15,22H2,1-2H3/t20-/m0/s1. The van der Waals surface area contributed by atoms with Gasteiger partial charge in [0.15, 0.2) is 0 Å². The van der Waals surface area contributed by atoms with Gasteiger partial charge in [0, 0.05) is 49.8 Å². The number of hydrogen-bond donors (Lipinski definition) is 1. The van der Waals surface area contributed by atoms with Crippen LogP contribution in [0.25, 0.3) is 11.1 Å². The molecule has 1 aromatic heterocycles. The summed E-state index contributed by atoms with van der Waals surface area (Å²) in [6, 6.07) is 9.52. The number of benzene rings is 1. The van der Waals surface area contributed by atoms with Crippen molar-refractivity contribution in [1.82, 2.24) is 14.8 Å². The number of nitrogens with zero attached hydrogens (tertiary/aromatic N) is 3. The fourth-order valence-corrected chi connectivity index (χ4v) is 3.26. The molecule has 1 aliphatic heterocycles. The zero-order valence-corrected chi connectivity index (χ0v) is 16.1.